The maximum absolute atomic E-state index is 12.5. The Morgan fingerprint density at radius 2 is 2.04 bits per heavy atom. The molecule has 1 amide bonds. The van der Waals surface area contributed by atoms with Gasteiger partial charge in [-0.2, -0.15) is 0 Å². The van der Waals surface area contributed by atoms with E-state index in [0.717, 1.165) is 14.8 Å². The minimum atomic E-state index is 0.0231. The minimum Gasteiger partial charge on any atom is -0.444 e. The number of carbonyl (C=O) groups is 1. The van der Waals surface area contributed by atoms with Gasteiger partial charge in [-0.1, -0.05) is 29.8 Å². The molecule has 0 atom stereocenters. The van der Waals surface area contributed by atoms with Crippen LogP contribution in [0.2, 0.25) is 4.34 Å². The number of rotatable bonds is 6. The van der Waals surface area contributed by atoms with Gasteiger partial charge in [0.2, 0.25) is 11.8 Å². The van der Waals surface area contributed by atoms with Crippen LogP contribution in [0.15, 0.2) is 53.1 Å². The van der Waals surface area contributed by atoms with E-state index in [4.69, 9.17) is 16.0 Å². The van der Waals surface area contributed by atoms with Gasteiger partial charge < -0.3 is 9.32 Å². The van der Waals surface area contributed by atoms with Crippen LogP contribution < -0.4 is 0 Å². The topological polar surface area (TPSA) is 46.3 Å². The predicted molar refractivity (Wildman–Crippen MR) is 96.1 cm³/mol. The number of thiophene rings is 1. The zero-order valence-corrected chi connectivity index (χ0v) is 14.8. The Hall–Kier alpha value is -2.11. The summed E-state index contributed by atoms with van der Waals surface area (Å²) in [5.74, 6) is 0.557. The smallest absolute Gasteiger partial charge is 0.229 e. The van der Waals surface area contributed by atoms with Crippen molar-refractivity contribution in [2.24, 2.45) is 0 Å². The van der Waals surface area contributed by atoms with E-state index in [-0.39, 0.29) is 12.3 Å². The molecule has 0 saturated heterocycles. The van der Waals surface area contributed by atoms with Gasteiger partial charge in [0.25, 0.3) is 0 Å². The van der Waals surface area contributed by atoms with Crippen LogP contribution in [0, 0.1) is 0 Å². The highest BCUT2D eigenvalue weighted by molar-refractivity contribution is 7.16. The molecule has 124 valence electrons. The Labute approximate surface area is 149 Å². The highest BCUT2D eigenvalue weighted by Gasteiger charge is 2.16. The lowest BCUT2D eigenvalue weighted by atomic mass is 10.2. The third-order valence-corrected chi connectivity index (χ3v) is 4.83. The second-order valence-electron chi connectivity index (χ2n) is 5.30. The highest BCUT2D eigenvalue weighted by atomic mass is 35.5. The number of benzene rings is 1. The number of oxazole rings is 1. The lowest BCUT2D eigenvalue weighted by Crippen LogP contribution is -2.31. The maximum atomic E-state index is 12.5. The van der Waals surface area contributed by atoms with E-state index in [9.17, 15) is 4.79 Å². The van der Waals surface area contributed by atoms with Crippen molar-refractivity contribution in [2.75, 3.05) is 6.54 Å². The van der Waals surface area contributed by atoms with Crippen LogP contribution >= 0.6 is 22.9 Å². The molecule has 0 fully saturated rings. The number of hydrogen-bond acceptors (Lipinski definition) is 4. The second kappa shape index (κ2) is 7.64. The van der Waals surface area contributed by atoms with Gasteiger partial charge in [0, 0.05) is 17.0 Å². The molecule has 4 nitrogen and oxygen atoms in total. The van der Waals surface area contributed by atoms with Crippen molar-refractivity contribution in [1.29, 1.82) is 0 Å². The SMILES string of the molecule is CCN(Cc1ccc(Cl)s1)C(=O)Cc1coc(-c2ccccc2)n1. The molecule has 0 radical (unpaired) electrons. The number of hydrogen-bond donors (Lipinski definition) is 0. The molecule has 3 rings (SSSR count). The van der Waals surface area contributed by atoms with Crippen molar-refractivity contribution in [1.82, 2.24) is 9.88 Å². The van der Waals surface area contributed by atoms with Gasteiger partial charge >= 0.3 is 0 Å². The van der Waals surface area contributed by atoms with Crippen LogP contribution in [0.4, 0.5) is 0 Å². The van der Waals surface area contributed by atoms with E-state index in [1.807, 2.05) is 49.4 Å². The van der Waals surface area contributed by atoms with Crippen LogP contribution in [-0.4, -0.2) is 22.3 Å². The first-order valence-electron chi connectivity index (χ1n) is 7.67. The minimum absolute atomic E-state index is 0.0231. The van der Waals surface area contributed by atoms with E-state index in [1.165, 1.54) is 11.3 Å². The summed E-state index contributed by atoms with van der Waals surface area (Å²) >= 11 is 7.44. The van der Waals surface area contributed by atoms with Crippen molar-refractivity contribution >= 4 is 28.8 Å². The van der Waals surface area contributed by atoms with Crippen LogP contribution in [-0.2, 0) is 17.8 Å². The van der Waals surface area contributed by atoms with E-state index in [1.54, 1.807) is 11.2 Å². The first kappa shape index (κ1) is 16.7. The summed E-state index contributed by atoms with van der Waals surface area (Å²) in [7, 11) is 0. The molecule has 0 spiro atoms. The fraction of sp³-hybridized carbons (Fsp3) is 0.222. The standard InChI is InChI=1S/C18H17ClN2O2S/c1-2-21(11-15-8-9-16(19)24-15)17(22)10-14-12-23-18(20-14)13-6-4-3-5-7-13/h3-9,12H,2,10-11H2,1H3. The van der Waals surface area contributed by atoms with Crippen molar-refractivity contribution < 1.29 is 9.21 Å². The summed E-state index contributed by atoms with van der Waals surface area (Å²) in [5, 5.41) is 0. The molecular formula is C18H17ClN2O2S. The number of amides is 1. The average molecular weight is 361 g/mol. The van der Waals surface area contributed by atoms with Gasteiger partial charge in [0.15, 0.2) is 0 Å². The Morgan fingerprint density at radius 3 is 2.71 bits per heavy atom. The Bertz CT molecular complexity index is 813. The molecule has 0 aliphatic carbocycles. The molecule has 1 aromatic carbocycles. The molecule has 0 bridgehead atoms. The average Bonchev–Trinajstić information content (AvgIpc) is 3.22. The normalized spacial score (nSPS) is 10.8. The summed E-state index contributed by atoms with van der Waals surface area (Å²) in [6, 6.07) is 13.4. The largest absolute Gasteiger partial charge is 0.444 e. The highest BCUT2D eigenvalue weighted by Crippen LogP contribution is 2.23. The summed E-state index contributed by atoms with van der Waals surface area (Å²) in [5.41, 5.74) is 1.54. The van der Waals surface area contributed by atoms with E-state index in [0.29, 0.717) is 24.7 Å². The van der Waals surface area contributed by atoms with Gasteiger partial charge in [-0.3, -0.25) is 4.79 Å². The molecule has 2 heterocycles. The summed E-state index contributed by atoms with van der Waals surface area (Å²) in [4.78, 5) is 19.8. The number of nitrogens with zero attached hydrogens (tertiary/aromatic N) is 2. The first-order chi connectivity index (χ1) is 11.7. The maximum Gasteiger partial charge on any atom is 0.229 e. The molecule has 0 N–H and O–H groups in total. The van der Waals surface area contributed by atoms with Crippen molar-refractivity contribution in [2.45, 2.75) is 19.9 Å². The van der Waals surface area contributed by atoms with Gasteiger partial charge in [-0.25, -0.2) is 4.98 Å². The van der Waals surface area contributed by atoms with Crippen LogP contribution in [0.3, 0.4) is 0 Å². The predicted octanol–water partition coefficient (Wildman–Crippen LogP) is 4.65. The van der Waals surface area contributed by atoms with Crippen LogP contribution in [0.5, 0.6) is 0 Å². The van der Waals surface area contributed by atoms with Gasteiger partial charge in [-0.15, -0.1) is 11.3 Å². The van der Waals surface area contributed by atoms with Gasteiger partial charge in [-0.05, 0) is 31.2 Å². The number of aromatic nitrogens is 1. The first-order valence-corrected chi connectivity index (χ1v) is 8.87. The van der Waals surface area contributed by atoms with Crippen molar-refractivity contribution in [3.05, 3.63) is 63.6 Å². The number of carbonyl (C=O) groups excluding carboxylic acids is 1. The molecule has 0 saturated carbocycles. The second-order valence-corrected chi connectivity index (χ2v) is 7.10. The van der Waals surface area contributed by atoms with Crippen molar-refractivity contribution in [3.63, 3.8) is 0 Å². The third kappa shape index (κ3) is 4.04. The van der Waals surface area contributed by atoms with Crippen LogP contribution in [0.1, 0.15) is 17.5 Å². The molecule has 3 aromatic rings. The summed E-state index contributed by atoms with van der Waals surface area (Å²) in [6.45, 7) is 3.17. The lowest BCUT2D eigenvalue weighted by Gasteiger charge is -2.19. The zero-order valence-electron chi connectivity index (χ0n) is 13.2. The molecule has 6 heteroatoms. The van der Waals surface area contributed by atoms with E-state index in [2.05, 4.69) is 4.98 Å². The molecule has 24 heavy (non-hydrogen) atoms. The Morgan fingerprint density at radius 1 is 1.25 bits per heavy atom. The van der Waals surface area contributed by atoms with E-state index >= 15 is 0 Å². The summed E-state index contributed by atoms with van der Waals surface area (Å²) in [6.07, 6.45) is 1.78. The third-order valence-electron chi connectivity index (χ3n) is 3.61. The van der Waals surface area contributed by atoms with Crippen molar-refractivity contribution in [3.8, 4) is 11.5 Å². The number of likely N-dealkylation sites (N-methyl/N-ethyl adjacent to an activating group) is 1. The molecular weight excluding hydrogens is 344 g/mol. The zero-order chi connectivity index (χ0) is 16.9. The summed E-state index contributed by atoms with van der Waals surface area (Å²) < 4.78 is 6.22. The fourth-order valence-electron chi connectivity index (χ4n) is 2.37. The number of halogens is 1. The molecule has 0 unspecified atom stereocenters. The quantitative estimate of drug-likeness (QED) is 0.643. The monoisotopic (exact) mass is 360 g/mol. The Balaban J connectivity index is 1.66. The molecule has 2 aromatic heterocycles. The molecule has 0 aliphatic rings. The Kier molecular flexibility index (Phi) is 5.33. The van der Waals surface area contributed by atoms with Gasteiger partial charge in [0.1, 0.15) is 6.26 Å². The molecule has 0 aliphatic heterocycles. The lowest BCUT2D eigenvalue weighted by molar-refractivity contribution is -0.130. The van der Waals surface area contributed by atoms with Crippen LogP contribution in [0.25, 0.3) is 11.5 Å². The van der Waals surface area contributed by atoms with Gasteiger partial charge in [0.05, 0.1) is 23.0 Å². The van der Waals surface area contributed by atoms with E-state index < -0.39 is 0 Å². The fourth-order valence-corrected chi connectivity index (χ4v) is 3.47.